The summed E-state index contributed by atoms with van der Waals surface area (Å²) < 4.78 is 6.72. The zero-order chi connectivity index (χ0) is 14.3. The first-order valence-corrected chi connectivity index (χ1v) is 6.64. The van der Waals surface area contributed by atoms with Gasteiger partial charge in [0.25, 0.3) is 0 Å². The molecule has 6 heteroatoms. The highest BCUT2D eigenvalue weighted by Gasteiger charge is 2.33. The molecule has 1 amide bonds. The second-order valence-corrected chi connectivity index (χ2v) is 4.63. The maximum atomic E-state index is 12.3. The van der Waals surface area contributed by atoms with Crippen LogP contribution in [0.2, 0.25) is 0 Å². The van der Waals surface area contributed by atoms with E-state index in [0.29, 0.717) is 25.4 Å². The lowest BCUT2D eigenvalue weighted by molar-refractivity contribution is -0.125. The van der Waals surface area contributed by atoms with Crippen LogP contribution in [0, 0.1) is 5.41 Å². The first-order chi connectivity index (χ1) is 9.11. The van der Waals surface area contributed by atoms with Crippen LogP contribution < -0.4 is 11.1 Å². The molecule has 108 valence electrons. The van der Waals surface area contributed by atoms with E-state index < -0.39 is 5.41 Å². The van der Waals surface area contributed by atoms with E-state index in [0.717, 1.165) is 12.8 Å². The highest BCUT2D eigenvalue weighted by molar-refractivity contribution is 5.95. The van der Waals surface area contributed by atoms with E-state index >= 15 is 0 Å². The zero-order valence-electron chi connectivity index (χ0n) is 12.0. The van der Waals surface area contributed by atoms with E-state index in [1.165, 1.54) is 0 Å². The number of nitrogens with zero attached hydrogens (tertiary/aromatic N) is 2. The normalized spacial score (nSPS) is 11.6. The van der Waals surface area contributed by atoms with Gasteiger partial charge >= 0.3 is 0 Å². The Morgan fingerprint density at radius 1 is 1.53 bits per heavy atom. The van der Waals surface area contributed by atoms with Crippen LogP contribution in [0.15, 0.2) is 12.4 Å². The molecule has 6 nitrogen and oxygen atoms in total. The molecule has 0 fully saturated rings. The number of carbonyl (C=O) groups excluding carboxylic acids is 1. The van der Waals surface area contributed by atoms with Crippen molar-refractivity contribution in [3.63, 3.8) is 0 Å². The third-order valence-electron chi connectivity index (χ3n) is 3.64. The summed E-state index contributed by atoms with van der Waals surface area (Å²) in [6, 6.07) is 0. The molecule has 1 aromatic heterocycles. The van der Waals surface area contributed by atoms with Gasteiger partial charge in [-0.25, -0.2) is 0 Å². The van der Waals surface area contributed by atoms with E-state index in [9.17, 15) is 4.79 Å². The van der Waals surface area contributed by atoms with Crippen molar-refractivity contribution in [2.75, 3.05) is 25.6 Å². The standard InChI is InChI=1S/C13H24N4O2/c1-4-13(5-2,10-14)12(18)16-11-8-15-17(9-11)6-7-19-3/h8-9H,4-7,10,14H2,1-3H3,(H,16,18). The summed E-state index contributed by atoms with van der Waals surface area (Å²) >= 11 is 0. The highest BCUT2D eigenvalue weighted by atomic mass is 16.5. The Kier molecular flexibility index (Phi) is 5.98. The van der Waals surface area contributed by atoms with Crippen LogP contribution >= 0.6 is 0 Å². The molecule has 0 atom stereocenters. The van der Waals surface area contributed by atoms with Crippen LogP contribution in [0.25, 0.3) is 0 Å². The summed E-state index contributed by atoms with van der Waals surface area (Å²) in [5.41, 5.74) is 5.96. The van der Waals surface area contributed by atoms with Gasteiger partial charge in [-0.3, -0.25) is 9.48 Å². The minimum atomic E-state index is -0.491. The fourth-order valence-corrected chi connectivity index (χ4v) is 1.95. The van der Waals surface area contributed by atoms with Gasteiger partial charge in [-0.1, -0.05) is 13.8 Å². The first kappa shape index (κ1) is 15.7. The van der Waals surface area contributed by atoms with Gasteiger partial charge < -0.3 is 15.8 Å². The summed E-state index contributed by atoms with van der Waals surface area (Å²) in [5, 5.41) is 7.05. The fourth-order valence-electron chi connectivity index (χ4n) is 1.95. The molecule has 3 N–H and O–H groups in total. The molecule has 0 spiro atoms. The molecule has 1 rings (SSSR count). The SMILES string of the molecule is CCC(CC)(CN)C(=O)Nc1cnn(CCOC)c1. The molecular formula is C13H24N4O2. The van der Waals surface area contributed by atoms with Crippen molar-refractivity contribution in [2.24, 2.45) is 11.1 Å². The van der Waals surface area contributed by atoms with Gasteiger partial charge in [0.1, 0.15) is 0 Å². The predicted octanol–water partition coefficient (Wildman–Crippen LogP) is 1.23. The number of rotatable bonds is 8. The first-order valence-electron chi connectivity index (χ1n) is 6.64. The number of hydrogen-bond donors (Lipinski definition) is 2. The smallest absolute Gasteiger partial charge is 0.231 e. The number of anilines is 1. The molecule has 0 aliphatic carbocycles. The monoisotopic (exact) mass is 268 g/mol. The lowest BCUT2D eigenvalue weighted by atomic mass is 9.81. The van der Waals surface area contributed by atoms with E-state index in [1.807, 2.05) is 13.8 Å². The fraction of sp³-hybridized carbons (Fsp3) is 0.692. The molecule has 0 bridgehead atoms. The van der Waals surface area contributed by atoms with Gasteiger partial charge in [0.15, 0.2) is 0 Å². The molecule has 0 unspecified atom stereocenters. The van der Waals surface area contributed by atoms with Crippen LogP contribution in [-0.4, -0.2) is 35.9 Å². The van der Waals surface area contributed by atoms with Gasteiger partial charge in [-0.05, 0) is 12.8 Å². The predicted molar refractivity (Wildman–Crippen MR) is 74.8 cm³/mol. The topological polar surface area (TPSA) is 82.2 Å². The molecule has 0 radical (unpaired) electrons. The molecule has 19 heavy (non-hydrogen) atoms. The lowest BCUT2D eigenvalue weighted by Gasteiger charge is -2.28. The van der Waals surface area contributed by atoms with Crippen molar-refractivity contribution in [3.05, 3.63) is 12.4 Å². The Morgan fingerprint density at radius 2 is 2.21 bits per heavy atom. The summed E-state index contributed by atoms with van der Waals surface area (Å²) in [4.78, 5) is 12.3. The van der Waals surface area contributed by atoms with Crippen molar-refractivity contribution in [1.29, 1.82) is 0 Å². The van der Waals surface area contributed by atoms with Gasteiger partial charge in [-0.15, -0.1) is 0 Å². The van der Waals surface area contributed by atoms with Crippen LogP contribution in [0.1, 0.15) is 26.7 Å². The minimum Gasteiger partial charge on any atom is -0.383 e. The number of ether oxygens (including phenoxy) is 1. The number of nitrogens with two attached hydrogens (primary N) is 1. The number of nitrogens with one attached hydrogen (secondary N) is 1. The Labute approximate surface area is 114 Å². The van der Waals surface area contributed by atoms with E-state index in [4.69, 9.17) is 10.5 Å². The van der Waals surface area contributed by atoms with E-state index in [-0.39, 0.29) is 5.91 Å². The van der Waals surface area contributed by atoms with Gasteiger partial charge in [0, 0.05) is 19.9 Å². The Bertz CT molecular complexity index is 391. The summed E-state index contributed by atoms with van der Waals surface area (Å²) in [6.07, 6.45) is 4.89. The second kappa shape index (κ2) is 7.25. The van der Waals surface area contributed by atoms with Crippen LogP contribution in [0.5, 0.6) is 0 Å². The Balaban J connectivity index is 2.68. The van der Waals surface area contributed by atoms with Crippen LogP contribution in [0.4, 0.5) is 5.69 Å². The molecule has 0 saturated carbocycles. The maximum absolute atomic E-state index is 12.3. The molecule has 1 heterocycles. The lowest BCUT2D eigenvalue weighted by Crippen LogP contribution is -2.41. The van der Waals surface area contributed by atoms with Crippen molar-refractivity contribution in [2.45, 2.75) is 33.2 Å². The average molecular weight is 268 g/mol. The molecule has 0 saturated heterocycles. The van der Waals surface area contributed by atoms with Crippen molar-refractivity contribution < 1.29 is 9.53 Å². The molecule has 0 aliphatic heterocycles. The van der Waals surface area contributed by atoms with Gasteiger partial charge in [0.2, 0.25) is 5.91 Å². The number of hydrogen-bond acceptors (Lipinski definition) is 4. The molecular weight excluding hydrogens is 244 g/mol. The largest absolute Gasteiger partial charge is 0.383 e. The average Bonchev–Trinajstić information content (AvgIpc) is 2.86. The third-order valence-corrected chi connectivity index (χ3v) is 3.64. The summed E-state index contributed by atoms with van der Waals surface area (Å²) in [6.45, 7) is 5.57. The van der Waals surface area contributed by atoms with Gasteiger partial charge in [0.05, 0.1) is 30.5 Å². The zero-order valence-corrected chi connectivity index (χ0v) is 12.0. The summed E-state index contributed by atoms with van der Waals surface area (Å²) in [7, 11) is 1.64. The van der Waals surface area contributed by atoms with Crippen LogP contribution in [-0.2, 0) is 16.1 Å². The van der Waals surface area contributed by atoms with E-state index in [1.54, 1.807) is 24.2 Å². The van der Waals surface area contributed by atoms with Gasteiger partial charge in [-0.2, -0.15) is 5.10 Å². The Morgan fingerprint density at radius 3 is 2.74 bits per heavy atom. The molecule has 0 aliphatic rings. The number of aromatic nitrogens is 2. The quantitative estimate of drug-likeness (QED) is 0.743. The highest BCUT2D eigenvalue weighted by Crippen LogP contribution is 2.26. The number of amides is 1. The van der Waals surface area contributed by atoms with E-state index in [2.05, 4.69) is 10.4 Å². The third kappa shape index (κ3) is 3.78. The van der Waals surface area contributed by atoms with Crippen molar-refractivity contribution in [1.82, 2.24) is 9.78 Å². The summed E-state index contributed by atoms with van der Waals surface area (Å²) in [5.74, 6) is -0.0358. The minimum absolute atomic E-state index is 0.0358. The number of methoxy groups -OCH3 is 1. The molecule has 0 aromatic carbocycles. The number of carbonyl (C=O) groups is 1. The van der Waals surface area contributed by atoms with Crippen LogP contribution in [0.3, 0.4) is 0 Å². The maximum Gasteiger partial charge on any atom is 0.231 e. The molecule has 1 aromatic rings. The van der Waals surface area contributed by atoms with Crippen molar-refractivity contribution >= 4 is 11.6 Å². The van der Waals surface area contributed by atoms with Crippen molar-refractivity contribution in [3.8, 4) is 0 Å². The second-order valence-electron chi connectivity index (χ2n) is 4.63. The Hall–Kier alpha value is -1.40.